The van der Waals surface area contributed by atoms with Crippen molar-refractivity contribution >= 4 is 5.69 Å². The summed E-state index contributed by atoms with van der Waals surface area (Å²) in [7, 11) is 0. The summed E-state index contributed by atoms with van der Waals surface area (Å²) in [5.74, 6) is -9.67. The van der Waals surface area contributed by atoms with Crippen molar-refractivity contribution in [2.75, 3.05) is 11.9 Å². The van der Waals surface area contributed by atoms with E-state index in [1.807, 2.05) is 0 Å². The zero-order chi connectivity index (χ0) is 13.4. The van der Waals surface area contributed by atoms with E-state index in [-0.39, 0.29) is 12.5 Å². The average molecular weight is 266 g/mol. The lowest BCUT2D eigenvalue weighted by Gasteiger charge is -2.19. The predicted octanol–water partition coefficient (Wildman–Crippen LogP) is 2.53. The third-order valence-corrected chi connectivity index (χ3v) is 2.98. The molecule has 18 heavy (non-hydrogen) atoms. The molecule has 1 aromatic rings. The highest BCUT2D eigenvalue weighted by molar-refractivity contribution is 5.49. The van der Waals surface area contributed by atoms with Crippen LogP contribution < -0.4 is 11.1 Å². The highest BCUT2D eigenvalue weighted by Gasteiger charge is 2.33. The van der Waals surface area contributed by atoms with Crippen LogP contribution in [0.3, 0.4) is 0 Å². The molecule has 0 amide bonds. The van der Waals surface area contributed by atoms with Gasteiger partial charge in [-0.15, -0.1) is 0 Å². The number of nitrogens with one attached hydrogen (secondary N) is 1. The highest BCUT2D eigenvalue weighted by Crippen LogP contribution is 2.35. The van der Waals surface area contributed by atoms with E-state index < -0.39 is 40.8 Å². The topological polar surface area (TPSA) is 38.0 Å². The molecule has 1 fully saturated rings. The van der Waals surface area contributed by atoms with Crippen LogP contribution in [0, 0.1) is 35.0 Å². The maximum atomic E-state index is 13.4. The van der Waals surface area contributed by atoms with E-state index in [0.717, 1.165) is 12.8 Å². The van der Waals surface area contributed by atoms with Gasteiger partial charge in [0.2, 0.25) is 5.82 Å². The summed E-state index contributed by atoms with van der Waals surface area (Å²) < 4.78 is 65.4. The van der Waals surface area contributed by atoms with Crippen LogP contribution >= 0.6 is 0 Å². The van der Waals surface area contributed by atoms with Crippen molar-refractivity contribution in [3.05, 3.63) is 29.1 Å². The zero-order valence-electron chi connectivity index (χ0n) is 9.24. The molecule has 1 aliphatic rings. The normalized spacial score (nSPS) is 16.8. The number of nitrogens with two attached hydrogens (primary N) is 1. The lowest BCUT2D eigenvalue weighted by atomic mass is 10.1. The first-order valence-electron chi connectivity index (χ1n) is 5.45. The molecular weight excluding hydrogens is 255 g/mol. The molecule has 1 saturated carbocycles. The Balaban J connectivity index is 2.37. The van der Waals surface area contributed by atoms with Crippen molar-refractivity contribution in [2.45, 2.75) is 18.9 Å². The van der Waals surface area contributed by atoms with Crippen molar-refractivity contribution in [2.24, 2.45) is 11.7 Å². The van der Waals surface area contributed by atoms with Crippen molar-refractivity contribution in [3.63, 3.8) is 0 Å². The summed E-state index contributed by atoms with van der Waals surface area (Å²) in [5, 5.41) is 2.31. The maximum absolute atomic E-state index is 13.4. The SMILES string of the molecule is NCC(Nc1c(F)c(F)c(F)c(F)c1F)C1CC1. The van der Waals surface area contributed by atoms with Gasteiger partial charge in [0.05, 0.1) is 0 Å². The number of hydrogen-bond acceptors (Lipinski definition) is 2. The Morgan fingerprint density at radius 1 is 0.944 bits per heavy atom. The fourth-order valence-electron chi connectivity index (χ4n) is 1.78. The molecule has 0 heterocycles. The van der Waals surface area contributed by atoms with E-state index >= 15 is 0 Å². The van der Waals surface area contributed by atoms with Gasteiger partial charge in [0, 0.05) is 12.6 Å². The minimum Gasteiger partial charge on any atom is -0.376 e. The van der Waals surface area contributed by atoms with Gasteiger partial charge in [-0.1, -0.05) is 0 Å². The highest BCUT2D eigenvalue weighted by atomic mass is 19.2. The average Bonchev–Trinajstić information content (AvgIpc) is 3.19. The molecule has 100 valence electrons. The maximum Gasteiger partial charge on any atom is 0.200 e. The largest absolute Gasteiger partial charge is 0.376 e. The summed E-state index contributed by atoms with van der Waals surface area (Å²) in [6.45, 7) is 0.0597. The number of hydrogen-bond donors (Lipinski definition) is 2. The Kier molecular flexibility index (Phi) is 3.43. The Labute approximate surface area is 100.0 Å². The van der Waals surface area contributed by atoms with Crippen LogP contribution in [0.1, 0.15) is 12.8 Å². The van der Waals surface area contributed by atoms with Gasteiger partial charge in [-0.25, -0.2) is 22.0 Å². The molecule has 0 radical (unpaired) electrons. The van der Waals surface area contributed by atoms with Gasteiger partial charge in [0.25, 0.3) is 0 Å². The third-order valence-electron chi connectivity index (χ3n) is 2.98. The van der Waals surface area contributed by atoms with Gasteiger partial charge in [-0.3, -0.25) is 0 Å². The third kappa shape index (κ3) is 2.14. The molecule has 2 rings (SSSR count). The lowest BCUT2D eigenvalue weighted by molar-refractivity contribution is 0.380. The van der Waals surface area contributed by atoms with E-state index in [4.69, 9.17) is 5.73 Å². The smallest absolute Gasteiger partial charge is 0.200 e. The molecule has 0 aromatic heterocycles. The second kappa shape index (κ2) is 4.72. The summed E-state index contributed by atoms with van der Waals surface area (Å²) in [6, 6.07) is -0.488. The summed E-state index contributed by atoms with van der Waals surface area (Å²) >= 11 is 0. The summed E-state index contributed by atoms with van der Waals surface area (Å²) in [6.07, 6.45) is 1.65. The molecule has 1 aromatic carbocycles. The second-order valence-corrected chi connectivity index (χ2v) is 4.27. The van der Waals surface area contributed by atoms with Gasteiger partial charge in [-0.05, 0) is 18.8 Å². The van der Waals surface area contributed by atoms with Crippen LogP contribution in [-0.4, -0.2) is 12.6 Å². The monoisotopic (exact) mass is 266 g/mol. The van der Waals surface area contributed by atoms with Gasteiger partial charge in [0.1, 0.15) is 5.69 Å². The van der Waals surface area contributed by atoms with E-state index in [1.165, 1.54) is 0 Å². The number of halogens is 5. The van der Waals surface area contributed by atoms with E-state index in [1.54, 1.807) is 0 Å². The Hall–Kier alpha value is -1.37. The Morgan fingerprint density at radius 2 is 1.39 bits per heavy atom. The van der Waals surface area contributed by atoms with Gasteiger partial charge in [0.15, 0.2) is 23.3 Å². The lowest BCUT2D eigenvalue weighted by Crippen LogP contribution is -2.32. The van der Waals surface area contributed by atoms with Crippen LogP contribution in [0.2, 0.25) is 0 Å². The first kappa shape index (κ1) is 13.1. The molecule has 0 saturated heterocycles. The van der Waals surface area contributed by atoms with Crippen molar-refractivity contribution in [3.8, 4) is 0 Å². The zero-order valence-corrected chi connectivity index (χ0v) is 9.24. The van der Waals surface area contributed by atoms with Crippen LogP contribution in [0.4, 0.5) is 27.6 Å². The molecule has 7 heteroatoms. The van der Waals surface area contributed by atoms with E-state index in [2.05, 4.69) is 5.32 Å². The van der Waals surface area contributed by atoms with Crippen LogP contribution in [-0.2, 0) is 0 Å². The molecule has 3 N–H and O–H groups in total. The summed E-state index contributed by atoms with van der Waals surface area (Å²) in [4.78, 5) is 0. The predicted molar refractivity (Wildman–Crippen MR) is 55.4 cm³/mol. The van der Waals surface area contributed by atoms with Gasteiger partial charge in [-0.2, -0.15) is 0 Å². The molecule has 1 aliphatic carbocycles. The van der Waals surface area contributed by atoms with Crippen LogP contribution in [0.5, 0.6) is 0 Å². The second-order valence-electron chi connectivity index (χ2n) is 4.27. The molecule has 1 unspecified atom stereocenters. The minimum absolute atomic E-state index is 0.0597. The molecule has 1 atom stereocenters. The number of anilines is 1. The Bertz CT molecular complexity index is 444. The fraction of sp³-hybridized carbons (Fsp3) is 0.455. The quantitative estimate of drug-likeness (QED) is 0.499. The van der Waals surface area contributed by atoms with Crippen molar-refractivity contribution in [1.29, 1.82) is 0 Å². The minimum atomic E-state index is -2.16. The van der Waals surface area contributed by atoms with Gasteiger partial charge < -0.3 is 11.1 Å². The van der Waals surface area contributed by atoms with E-state index in [0.29, 0.717) is 0 Å². The fourth-order valence-corrected chi connectivity index (χ4v) is 1.78. The molecule has 2 nitrogen and oxygen atoms in total. The summed E-state index contributed by atoms with van der Waals surface area (Å²) in [5.41, 5.74) is 4.39. The standard InChI is InChI=1S/C11H11F5N2/c12-6-7(13)9(15)11(10(16)8(6)14)18-5(3-17)4-1-2-4/h4-5,18H,1-3,17H2. The van der Waals surface area contributed by atoms with Crippen molar-refractivity contribution < 1.29 is 22.0 Å². The number of benzene rings is 1. The van der Waals surface area contributed by atoms with Crippen LogP contribution in [0.25, 0.3) is 0 Å². The molecular formula is C11H11F5N2. The van der Waals surface area contributed by atoms with Crippen molar-refractivity contribution in [1.82, 2.24) is 0 Å². The number of rotatable bonds is 4. The first-order valence-corrected chi connectivity index (χ1v) is 5.45. The van der Waals surface area contributed by atoms with Crippen LogP contribution in [0.15, 0.2) is 0 Å². The molecule has 0 bridgehead atoms. The molecule has 0 spiro atoms. The molecule has 0 aliphatic heterocycles. The van der Waals surface area contributed by atoms with Gasteiger partial charge >= 0.3 is 0 Å². The Morgan fingerprint density at radius 3 is 1.78 bits per heavy atom. The van der Waals surface area contributed by atoms with E-state index in [9.17, 15) is 22.0 Å². The first-order chi connectivity index (χ1) is 8.47.